The molecule has 24 heavy (non-hydrogen) atoms. The number of nitrogens with one attached hydrogen (secondary N) is 1. The van der Waals surface area contributed by atoms with Crippen molar-refractivity contribution < 1.29 is 4.79 Å². The molecule has 3 rings (SSSR count). The first-order chi connectivity index (χ1) is 11.7. The average molecular weight is 345 g/mol. The Labute approximate surface area is 147 Å². The molecule has 2 heterocycles. The Hall–Kier alpha value is -2.14. The van der Waals surface area contributed by atoms with Crippen LogP contribution in [0.3, 0.4) is 0 Å². The highest BCUT2D eigenvalue weighted by atomic mass is 35.5. The highest BCUT2D eigenvalue weighted by Gasteiger charge is 2.14. The van der Waals surface area contributed by atoms with Crippen molar-refractivity contribution in [2.75, 3.05) is 18.0 Å². The number of nitrogens with zero attached hydrogens (tertiary/aromatic N) is 3. The van der Waals surface area contributed by atoms with Gasteiger partial charge in [-0.25, -0.2) is 9.97 Å². The lowest BCUT2D eigenvalue weighted by Gasteiger charge is -2.21. The second-order valence-corrected chi connectivity index (χ2v) is 6.41. The first-order valence-corrected chi connectivity index (χ1v) is 8.70. The molecule has 126 valence electrons. The highest BCUT2D eigenvalue weighted by molar-refractivity contribution is 6.30. The number of hydrogen-bond donors (Lipinski definition) is 1. The Morgan fingerprint density at radius 2 is 1.79 bits per heavy atom. The maximum atomic E-state index is 12.3. The van der Waals surface area contributed by atoms with Crippen LogP contribution in [0.5, 0.6) is 0 Å². The number of halogens is 1. The molecule has 1 aliphatic heterocycles. The van der Waals surface area contributed by atoms with Crippen LogP contribution in [-0.4, -0.2) is 29.0 Å². The van der Waals surface area contributed by atoms with Gasteiger partial charge < -0.3 is 10.2 Å². The van der Waals surface area contributed by atoms with Crippen LogP contribution < -0.4 is 10.2 Å². The van der Waals surface area contributed by atoms with Gasteiger partial charge in [0.05, 0.1) is 0 Å². The van der Waals surface area contributed by atoms with E-state index in [9.17, 15) is 4.79 Å². The molecule has 5 nitrogen and oxygen atoms in total. The van der Waals surface area contributed by atoms with E-state index < -0.39 is 0 Å². The molecular weight excluding hydrogens is 324 g/mol. The van der Waals surface area contributed by atoms with E-state index in [-0.39, 0.29) is 5.91 Å². The molecule has 1 N–H and O–H groups in total. The summed E-state index contributed by atoms with van der Waals surface area (Å²) in [5, 5.41) is 3.57. The fourth-order valence-electron chi connectivity index (χ4n) is 2.82. The normalized spacial score (nSPS) is 15.0. The van der Waals surface area contributed by atoms with Gasteiger partial charge in [0.1, 0.15) is 17.8 Å². The molecule has 1 aromatic heterocycles. The van der Waals surface area contributed by atoms with Crippen molar-refractivity contribution in [2.45, 2.75) is 32.2 Å². The second-order valence-electron chi connectivity index (χ2n) is 5.97. The Morgan fingerprint density at radius 3 is 2.50 bits per heavy atom. The maximum absolute atomic E-state index is 12.3. The first-order valence-electron chi connectivity index (χ1n) is 8.32. The Balaban J connectivity index is 1.64. The van der Waals surface area contributed by atoms with Crippen molar-refractivity contribution in [3.63, 3.8) is 0 Å². The van der Waals surface area contributed by atoms with E-state index in [0.29, 0.717) is 17.3 Å². The Morgan fingerprint density at radius 1 is 1.08 bits per heavy atom. The molecule has 0 spiro atoms. The smallest absolute Gasteiger partial charge is 0.270 e. The van der Waals surface area contributed by atoms with Gasteiger partial charge in [0.2, 0.25) is 0 Å². The maximum Gasteiger partial charge on any atom is 0.270 e. The molecule has 2 aromatic rings. The zero-order valence-electron chi connectivity index (χ0n) is 13.5. The van der Waals surface area contributed by atoms with Gasteiger partial charge in [-0.3, -0.25) is 4.79 Å². The van der Waals surface area contributed by atoms with Gasteiger partial charge in [0, 0.05) is 30.7 Å². The van der Waals surface area contributed by atoms with Crippen molar-refractivity contribution in [3.05, 3.63) is 52.9 Å². The molecule has 1 saturated heterocycles. The van der Waals surface area contributed by atoms with Crippen LogP contribution in [0.15, 0.2) is 36.7 Å². The summed E-state index contributed by atoms with van der Waals surface area (Å²) >= 11 is 5.86. The van der Waals surface area contributed by atoms with E-state index in [0.717, 1.165) is 24.5 Å². The molecule has 0 unspecified atom stereocenters. The molecule has 0 bridgehead atoms. The molecule has 6 heteroatoms. The van der Waals surface area contributed by atoms with Gasteiger partial charge in [0.15, 0.2) is 0 Å². The number of carbonyl (C=O) groups excluding carboxylic acids is 1. The molecule has 0 atom stereocenters. The van der Waals surface area contributed by atoms with Crippen LogP contribution in [0.2, 0.25) is 5.02 Å². The van der Waals surface area contributed by atoms with Gasteiger partial charge in [-0.2, -0.15) is 0 Å². The van der Waals surface area contributed by atoms with E-state index in [1.807, 2.05) is 24.3 Å². The molecule has 1 aromatic carbocycles. The van der Waals surface area contributed by atoms with Crippen molar-refractivity contribution in [2.24, 2.45) is 0 Å². The lowest BCUT2D eigenvalue weighted by molar-refractivity contribution is 0.0945. The minimum Gasteiger partial charge on any atom is -0.357 e. The van der Waals surface area contributed by atoms with Crippen molar-refractivity contribution in [1.82, 2.24) is 15.3 Å². The van der Waals surface area contributed by atoms with Crippen molar-refractivity contribution in [1.29, 1.82) is 0 Å². The molecule has 0 aliphatic carbocycles. The summed E-state index contributed by atoms with van der Waals surface area (Å²) in [5.74, 6) is 0.645. The SMILES string of the molecule is O=C(NCc1ccc(Cl)cc1)c1cc(N2CCCCCC2)ncn1. The molecule has 1 amide bonds. The van der Waals surface area contributed by atoms with Crippen LogP contribution in [0.25, 0.3) is 0 Å². The summed E-state index contributed by atoms with van der Waals surface area (Å²) in [6, 6.07) is 9.19. The average Bonchev–Trinajstić information content (AvgIpc) is 2.90. The van der Waals surface area contributed by atoms with Gasteiger partial charge in [0.25, 0.3) is 5.91 Å². The van der Waals surface area contributed by atoms with Gasteiger partial charge in [-0.05, 0) is 30.5 Å². The largest absolute Gasteiger partial charge is 0.357 e. The summed E-state index contributed by atoms with van der Waals surface area (Å²) in [5.41, 5.74) is 1.40. The fourth-order valence-corrected chi connectivity index (χ4v) is 2.95. The van der Waals surface area contributed by atoms with Crippen molar-refractivity contribution in [3.8, 4) is 0 Å². The van der Waals surface area contributed by atoms with E-state index in [1.165, 1.54) is 32.0 Å². The lowest BCUT2D eigenvalue weighted by Crippen LogP contribution is -2.27. The Kier molecular flexibility index (Phi) is 5.64. The van der Waals surface area contributed by atoms with Gasteiger partial charge >= 0.3 is 0 Å². The highest BCUT2D eigenvalue weighted by Crippen LogP contribution is 2.17. The topological polar surface area (TPSA) is 58.1 Å². The van der Waals surface area contributed by atoms with Crippen LogP contribution in [0.4, 0.5) is 5.82 Å². The monoisotopic (exact) mass is 344 g/mol. The predicted molar refractivity (Wildman–Crippen MR) is 95.3 cm³/mol. The zero-order valence-corrected chi connectivity index (χ0v) is 14.3. The standard InChI is InChI=1S/C18H21ClN4O/c19-15-7-5-14(6-8-15)12-20-18(24)16-11-17(22-13-21-16)23-9-3-1-2-4-10-23/h5-8,11,13H,1-4,9-10,12H2,(H,20,24). The van der Waals surface area contributed by atoms with E-state index in [1.54, 1.807) is 6.07 Å². The van der Waals surface area contributed by atoms with Gasteiger partial charge in [-0.1, -0.05) is 36.6 Å². The molecule has 0 saturated carbocycles. The number of hydrogen-bond acceptors (Lipinski definition) is 4. The summed E-state index contributed by atoms with van der Waals surface area (Å²) in [6.45, 7) is 2.42. The second kappa shape index (κ2) is 8.11. The number of rotatable bonds is 4. The first kappa shape index (κ1) is 16.7. The third kappa shape index (κ3) is 4.45. The summed E-state index contributed by atoms with van der Waals surface area (Å²) in [6.07, 6.45) is 6.33. The lowest BCUT2D eigenvalue weighted by atomic mass is 10.2. The summed E-state index contributed by atoms with van der Waals surface area (Å²) < 4.78 is 0. The summed E-state index contributed by atoms with van der Waals surface area (Å²) in [4.78, 5) is 23.0. The number of anilines is 1. The molecular formula is C18H21ClN4O. The number of carbonyl (C=O) groups is 1. The third-order valence-corrected chi connectivity index (χ3v) is 4.43. The minimum atomic E-state index is -0.191. The third-order valence-electron chi connectivity index (χ3n) is 4.18. The molecule has 1 aliphatic rings. The van der Waals surface area contributed by atoms with E-state index in [2.05, 4.69) is 20.2 Å². The van der Waals surface area contributed by atoms with Crippen LogP contribution in [0, 0.1) is 0 Å². The zero-order chi connectivity index (χ0) is 16.8. The number of aromatic nitrogens is 2. The van der Waals surface area contributed by atoms with Gasteiger partial charge in [-0.15, -0.1) is 0 Å². The van der Waals surface area contributed by atoms with Crippen molar-refractivity contribution >= 4 is 23.3 Å². The minimum absolute atomic E-state index is 0.191. The van der Waals surface area contributed by atoms with Crippen LogP contribution in [-0.2, 0) is 6.54 Å². The Bertz CT molecular complexity index is 682. The number of amides is 1. The molecule has 1 fully saturated rings. The predicted octanol–water partition coefficient (Wildman–Crippen LogP) is 3.44. The summed E-state index contributed by atoms with van der Waals surface area (Å²) in [7, 11) is 0. The van der Waals surface area contributed by atoms with Crippen LogP contribution in [0.1, 0.15) is 41.7 Å². The quantitative estimate of drug-likeness (QED) is 0.923. The molecule has 0 radical (unpaired) electrons. The fraction of sp³-hybridized carbons (Fsp3) is 0.389. The van der Waals surface area contributed by atoms with Crippen LogP contribution >= 0.6 is 11.6 Å². The number of benzene rings is 1. The van der Waals surface area contributed by atoms with E-state index in [4.69, 9.17) is 11.6 Å². The van der Waals surface area contributed by atoms with E-state index >= 15 is 0 Å².